The van der Waals surface area contributed by atoms with Gasteiger partial charge < -0.3 is 13.9 Å². The molecule has 1 heterocycles. The second-order valence-electron chi connectivity index (χ2n) is 5.53. The highest BCUT2D eigenvalue weighted by atomic mass is 35.5. The van der Waals surface area contributed by atoms with E-state index in [9.17, 15) is 13.2 Å². The Morgan fingerprint density at radius 1 is 1.19 bits per heavy atom. The molecule has 0 saturated carbocycles. The first-order valence-electron chi connectivity index (χ1n) is 7.88. The monoisotopic (exact) mass is 412 g/mol. The molecular formula is C17H17ClN2O6S. The number of anilines is 1. The number of hydrogen-bond acceptors (Lipinski definition) is 6. The van der Waals surface area contributed by atoms with Crippen LogP contribution in [-0.2, 0) is 16.6 Å². The van der Waals surface area contributed by atoms with Crippen molar-refractivity contribution in [1.29, 1.82) is 0 Å². The Kier molecular flexibility index (Phi) is 5.07. The van der Waals surface area contributed by atoms with Crippen LogP contribution in [0.25, 0.3) is 11.1 Å². The second-order valence-corrected chi connectivity index (χ2v) is 7.59. The molecule has 0 aliphatic carbocycles. The number of halogens is 1. The highest BCUT2D eigenvalue weighted by Gasteiger charge is 2.23. The van der Waals surface area contributed by atoms with E-state index >= 15 is 0 Å². The lowest BCUT2D eigenvalue weighted by Crippen LogP contribution is -2.14. The van der Waals surface area contributed by atoms with E-state index in [1.165, 1.54) is 37.0 Å². The Morgan fingerprint density at radius 2 is 1.93 bits per heavy atom. The highest BCUT2D eigenvalue weighted by molar-refractivity contribution is 7.92. The predicted molar refractivity (Wildman–Crippen MR) is 102 cm³/mol. The molecule has 0 aliphatic heterocycles. The molecule has 2 aromatic carbocycles. The minimum absolute atomic E-state index is 0.0366. The number of ether oxygens (including phenoxy) is 2. The summed E-state index contributed by atoms with van der Waals surface area (Å²) in [6, 6.07) is 7.26. The molecule has 0 bridgehead atoms. The van der Waals surface area contributed by atoms with Gasteiger partial charge in [-0.3, -0.25) is 9.29 Å². The van der Waals surface area contributed by atoms with Crippen molar-refractivity contribution < 1.29 is 22.3 Å². The fourth-order valence-corrected chi connectivity index (χ4v) is 4.26. The molecule has 0 atom stereocenters. The van der Waals surface area contributed by atoms with Crippen molar-refractivity contribution in [2.45, 2.75) is 18.4 Å². The normalized spacial score (nSPS) is 11.6. The average Bonchev–Trinajstić information content (AvgIpc) is 2.95. The van der Waals surface area contributed by atoms with Crippen LogP contribution in [-0.4, -0.2) is 27.2 Å². The summed E-state index contributed by atoms with van der Waals surface area (Å²) in [6.07, 6.45) is 0. The molecule has 10 heteroatoms. The van der Waals surface area contributed by atoms with Gasteiger partial charge in [0.1, 0.15) is 16.4 Å². The molecule has 1 aromatic heterocycles. The summed E-state index contributed by atoms with van der Waals surface area (Å²) in [5, 5.41) is -0.0366. The van der Waals surface area contributed by atoms with Crippen molar-refractivity contribution in [3.63, 3.8) is 0 Å². The Balaban J connectivity index is 2.08. The van der Waals surface area contributed by atoms with Crippen molar-refractivity contribution in [3.8, 4) is 11.5 Å². The molecule has 0 unspecified atom stereocenters. The number of nitrogens with zero attached hydrogens (tertiary/aromatic N) is 1. The molecule has 3 aromatic rings. The summed E-state index contributed by atoms with van der Waals surface area (Å²) in [6.45, 7) is 2.14. The molecular weight excluding hydrogens is 396 g/mol. The third-order valence-electron chi connectivity index (χ3n) is 3.98. The number of rotatable bonds is 6. The molecule has 0 spiro atoms. The minimum atomic E-state index is -4.07. The van der Waals surface area contributed by atoms with Gasteiger partial charge in [0.05, 0.1) is 30.4 Å². The van der Waals surface area contributed by atoms with Crippen molar-refractivity contribution in [2.24, 2.45) is 0 Å². The predicted octanol–water partition coefficient (Wildman–Crippen LogP) is 3.09. The number of hydrogen-bond donors (Lipinski definition) is 1. The van der Waals surface area contributed by atoms with Gasteiger partial charge in [0.25, 0.3) is 10.0 Å². The molecule has 144 valence electrons. The standard InChI is InChI=1S/C17H17ClN2O6S/c1-4-20-13-8-11(18)16(9-15(13)26-17(20)21)27(22,23)19-12-6-5-10(24-2)7-14(12)25-3/h5-9,19H,4H2,1-3H3. The van der Waals surface area contributed by atoms with Gasteiger partial charge in [0.15, 0.2) is 5.58 Å². The Morgan fingerprint density at radius 3 is 2.56 bits per heavy atom. The number of methoxy groups -OCH3 is 2. The van der Waals surface area contributed by atoms with Crippen molar-refractivity contribution >= 4 is 38.4 Å². The first kappa shape index (κ1) is 19.1. The largest absolute Gasteiger partial charge is 0.497 e. The van der Waals surface area contributed by atoms with Gasteiger partial charge in [-0.15, -0.1) is 0 Å². The van der Waals surface area contributed by atoms with E-state index in [4.69, 9.17) is 25.5 Å². The van der Waals surface area contributed by atoms with Crippen LogP contribution in [0.4, 0.5) is 5.69 Å². The van der Waals surface area contributed by atoms with Crippen LogP contribution in [0, 0.1) is 0 Å². The second kappa shape index (κ2) is 7.16. The van der Waals surface area contributed by atoms with Gasteiger partial charge >= 0.3 is 5.76 Å². The van der Waals surface area contributed by atoms with E-state index in [-0.39, 0.29) is 26.9 Å². The number of aromatic nitrogens is 1. The third-order valence-corrected chi connectivity index (χ3v) is 5.81. The van der Waals surface area contributed by atoms with Crippen LogP contribution >= 0.6 is 11.6 Å². The van der Waals surface area contributed by atoms with E-state index in [2.05, 4.69) is 4.72 Å². The van der Waals surface area contributed by atoms with Crippen LogP contribution in [0.1, 0.15) is 6.92 Å². The van der Waals surface area contributed by atoms with E-state index in [1.807, 2.05) is 0 Å². The summed E-state index contributed by atoms with van der Waals surface area (Å²) in [7, 11) is -1.17. The Bertz CT molecular complexity index is 1170. The molecule has 8 nitrogen and oxygen atoms in total. The smallest absolute Gasteiger partial charge is 0.419 e. The van der Waals surface area contributed by atoms with Crippen molar-refractivity contribution in [3.05, 3.63) is 45.9 Å². The highest BCUT2D eigenvalue weighted by Crippen LogP contribution is 2.33. The number of sulfonamides is 1. The first-order chi connectivity index (χ1) is 12.8. The lowest BCUT2D eigenvalue weighted by Gasteiger charge is -2.13. The number of benzene rings is 2. The number of aryl methyl sites for hydroxylation is 1. The van der Waals surface area contributed by atoms with Crippen LogP contribution < -0.4 is 20.0 Å². The summed E-state index contributed by atoms with van der Waals surface area (Å²) < 4.78 is 44.9. The zero-order valence-electron chi connectivity index (χ0n) is 14.8. The van der Waals surface area contributed by atoms with Gasteiger partial charge in [-0.05, 0) is 25.1 Å². The summed E-state index contributed by atoms with van der Waals surface area (Å²) in [4.78, 5) is 11.6. The Labute approximate surface area is 160 Å². The van der Waals surface area contributed by atoms with Crippen molar-refractivity contribution in [1.82, 2.24) is 4.57 Å². The first-order valence-corrected chi connectivity index (χ1v) is 9.74. The maximum atomic E-state index is 12.8. The average molecular weight is 413 g/mol. The summed E-state index contributed by atoms with van der Waals surface area (Å²) >= 11 is 6.19. The summed E-state index contributed by atoms with van der Waals surface area (Å²) in [5.41, 5.74) is 0.767. The van der Waals surface area contributed by atoms with E-state index < -0.39 is 15.8 Å². The van der Waals surface area contributed by atoms with Gasteiger partial charge in [0.2, 0.25) is 0 Å². The lowest BCUT2D eigenvalue weighted by molar-refractivity contribution is 0.395. The number of nitrogens with one attached hydrogen (secondary N) is 1. The maximum Gasteiger partial charge on any atom is 0.419 e. The molecule has 1 N–H and O–H groups in total. The molecule has 0 aliphatic rings. The zero-order chi connectivity index (χ0) is 19.8. The third kappa shape index (κ3) is 3.47. The maximum absolute atomic E-state index is 12.8. The molecule has 0 fully saturated rings. The zero-order valence-corrected chi connectivity index (χ0v) is 16.3. The number of oxazole rings is 1. The molecule has 0 saturated heterocycles. The minimum Gasteiger partial charge on any atom is -0.497 e. The molecule has 3 rings (SSSR count). The lowest BCUT2D eigenvalue weighted by atomic mass is 10.3. The van der Waals surface area contributed by atoms with E-state index in [0.717, 1.165) is 0 Å². The quantitative estimate of drug-likeness (QED) is 0.667. The Hall–Kier alpha value is -2.65. The number of fused-ring (bicyclic) bond motifs is 1. The van der Waals surface area contributed by atoms with Crippen LogP contribution in [0.2, 0.25) is 5.02 Å². The van der Waals surface area contributed by atoms with Gasteiger partial charge in [0, 0.05) is 18.7 Å². The van der Waals surface area contributed by atoms with Gasteiger partial charge in [-0.25, -0.2) is 13.2 Å². The fraction of sp³-hybridized carbons (Fsp3) is 0.235. The fourth-order valence-electron chi connectivity index (χ4n) is 2.65. The van der Waals surface area contributed by atoms with Gasteiger partial charge in [-0.1, -0.05) is 11.6 Å². The molecule has 0 radical (unpaired) electrons. The van der Waals surface area contributed by atoms with Crippen molar-refractivity contribution in [2.75, 3.05) is 18.9 Å². The van der Waals surface area contributed by atoms with Crippen LogP contribution in [0.5, 0.6) is 11.5 Å². The van der Waals surface area contributed by atoms with E-state index in [0.29, 0.717) is 17.8 Å². The van der Waals surface area contributed by atoms with Gasteiger partial charge in [-0.2, -0.15) is 0 Å². The topological polar surface area (TPSA) is 99.8 Å². The van der Waals surface area contributed by atoms with Crippen LogP contribution in [0.15, 0.2) is 44.4 Å². The molecule has 27 heavy (non-hydrogen) atoms. The van der Waals surface area contributed by atoms with Crippen LogP contribution in [0.3, 0.4) is 0 Å². The SMILES string of the molecule is CCn1c(=O)oc2cc(S(=O)(=O)Nc3ccc(OC)cc3OC)c(Cl)cc21. The summed E-state index contributed by atoms with van der Waals surface area (Å²) in [5.74, 6) is 0.207. The molecule has 0 amide bonds. The van der Waals surface area contributed by atoms with E-state index in [1.54, 1.807) is 19.1 Å².